The average molecular weight is 581 g/mol. The summed E-state index contributed by atoms with van der Waals surface area (Å²) in [6.45, 7) is 1.97. The van der Waals surface area contributed by atoms with Gasteiger partial charge in [-0.05, 0) is 61.0 Å². The molecular weight excluding hydrogens is 552 g/mol. The molecule has 11 nitrogen and oxygen atoms in total. The fraction of sp³-hybridized carbons (Fsp3) is 0.250. The zero-order valence-corrected chi connectivity index (χ0v) is 22.8. The van der Waals surface area contributed by atoms with Crippen LogP contribution in [0.15, 0.2) is 86.1 Å². The van der Waals surface area contributed by atoms with Crippen LogP contribution in [-0.2, 0) is 24.7 Å². The number of sulfone groups is 1. The van der Waals surface area contributed by atoms with Crippen molar-refractivity contribution in [2.75, 3.05) is 6.54 Å². The number of amides is 3. The highest BCUT2D eigenvalue weighted by molar-refractivity contribution is 7.93. The number of rotatable bonds is 12. The van der Waals surface area contributed by atoms with Crippen molar-refractivity contribution < 1.29 is 31.6 Å². The molecule has 38 heavy (non-hydrogen) atoms. The van der Waals surface area contributed by atoms with Crippen LogP contribution in [0, 0.1) is 0 Å². The zero-order chi connectivity index (χ0) is 27.8. The van der Waals surface area contributed by atoms with Gasteiger partial charge in [0, 0.05) is 6.54 Å². The third-order valence-electron chi connectivity index (χ3n) is 5.53. The molecule has 3 rings (SSSR count). The molecule has 2 aromatic carbocycles. The monoisotopic (exact) mass is 580 g/mol. The molecule has 1 aromatic heterocycles. The molecule has 0 bridgehead atoms. The Kier molecular flexibility index (Phi) is 9.99. The molecule has 0 unspecified atom stereocenters. The second kappa shape index (κ2) is 13.0. The SMILES string of the molecule is C[C@@H](NC(=O)NCCC[C@@H](NS(=O)(=O)c1ccc(S(=O)(=O)c2cccs2)cc1)C(=O)NO)c1ccccc1. The van der Waals surface area contributed by atoms with Gasteiger partial charge >= 0.3 is 6.03 Å². The lowest BCUT2D eigenvalue weighted by Crippen LogP contribution is -2.46. The Morgan fingerprint density at radius 1 is 0.921 bits per heavy atom. The smallest absolute Gasteiger partial charge is 0.315 e. The van der Waals surface area contributed by atoms with E-state index in [-0.39, 0.29) is 39.4 Å². The van der Waals surface area contributed by atoms with E-state index in [0.29, 0.717) is 0 Å². The van der Waals surface area contributed by atoms with Crippen LogP contribution in [0.1, 0.15) is 31.4 Å². The summed E-state index contributed by atoms with van der Waals surface area (Å²) in [4.78, 5) is 23.9. The van der Waals surface area contributed by atoms with Gasteiger partial charge in [-0.2, -0.15) is 4.72 Å². The number of carbonyl (C=O) groups is 2. The Morgan fingerprint density at radius 2 is 1.58 bits per heavy atom. The van der Waals surface area contributed by atoms with Crippen molar-refractivity contribution in [3.8, 4) is 0 Å². The van der Waals surface area contributed by atoms with Crippen LogP contribution < -0.4 is 20.8 Å². The molecule has 3 amide bonds. The number of nitrogens with one attached hydrogen (secondary N) is 4. The van der Waals surface area contributed by atoms with Gasteiger partial charge in [-0.15, -0.1) is 11.3 Å². The average Bonchev–Trinajstić information content (AvgIpc) is 3.46. The molecule has 0 saturated heterocycles. The predicted octanol–water partition coefficient (Wildman–Crippen LogP) is 2.57. The normalized spacial score (nSPS) is 13.3. The van der Waals surface area contributed by atoms with E-state index in [2.05, 4.69) is 15.4 Å². The fourth-order valence-electron chi connectivity index (χ4n) is 3.49. The molecule has 0 radical (unpaired) electrons. The number of carbonyl (C=O) groups excluding carboxylic acids is 2. The van der Waals surface area contributed by atoms with E-state index in [0.717, 1.165) is 29.0 Å². The van der Waals surface area contributed by atoms with Crippen LogP contribution in [0.3, 0.4) is 0 Å². The van der Waals surface area contributed by atoms with Gasteiger partial charge in [-0.3, -0.25) is 10.0 Å². The van der Waals surface area contributed by atoms with Crippen molar-refractivity contribution in [3.63, 3.8) is 0 Å². The summed E-state index contributed by atoms with van der Waals surface area (Å²) in [5.41, 5.74) is 2.36. The van der Waals surface area contributed by atoms with Crippen molar-refractivity contribution >= 4 is 43.1 Å². The summed E-state index contributed by atoms with van der Waals surface area (Å²) in [6.07, 6.45) is 0.177. The van der Waals surface area contributed by atoms with Gasteiger partial charge in [0.05, 0.1) is 15.8 Å². The predicted molar refractivity (Wildman–Crippen MR) is 141 cm³/mol. The molecule has 2 atom stereocenters. The Morgan fingerprint density at radius 3 is 2.18 bits per heavy atom. The Balaban J connectivity index is 1.57. The number of benzene rings is 2. The molecule has 0 saturated carbocycles. The van der Waals surface area contributed by atoms with E-state index in [1.807, 2.05) is 37.3 Å². The summed E-state index contributed by atoms with van der Waals surface area (Å²) < 4.78 is 53.3. The van der Waals surface area contributed by atoms with E-state index < -0.39 is 37.8 Å². The second-order valence-corrected chi connectivity index (χ2v) is 13.1. The summed E-state index contributed by atoms with van der Waals surface area (Å²) in [5, 5.41) is 16.1. The minimum absolute atomic E-state index is 0.0367. The number of thiophene rings is 1. The third kappa shape index (κ3) is 7.61. The first-order valence-corrected chi connectivity index (χ1v) is 15.3. The molecule has 0 aliphatic rings. The van der Waals surface area contributed by atoms with Gasteiger partial charge in [0.25, 0.3) is 5.91 Å². The van der Waals surface area contributed by atoms with E-state index in [1.165, 1.54) is 23.7 Å². The lowest BCUT2D eigenvalue weighted by molar-refractivity contribution is -0.131. The van der Waals surface area contributed by atoms with E-state index in [4.69, 9.17) is 5.21 Å². The maximum Gasteiger partial charge on any atom is 0.315 e. The highest BCUT2D eigenvalue weighted by atomic mass is 32.2. The third-order valence-corrected chi connectivity index (χ3v) is 10.2. The summed E-state index contributed by atoms with van der Waals surface area (Å²) in [5.74, 6) is -0.979. The van der Waals surface area contributed by atoms with Crippen molar-refractivity contribution in [2.24, 2.45) is 0 Å². The van der Waals surface area contributed by atoms with E-state index in [9.17, 15) is 26.4 Å². The van der Waals surface area contributed by atoms with Crippen LogP contribution in [-0.4, -0.2) is 46.6 Å². The van der Waals surface area contributed by atoms with Crippen LogP contribution in [0.4, 0.5) is 4.79 Å². The van der Waals surface area contributed by atoms with Crippen molar-refractivity contribution in [3.05, 3.63) is 77.7 Å². The minimum Gasteiger partial charge on any atom is -0.338 e. The molecule has 5 N–H and O–H groups in total. The summed E-state index contributed by atoms with van der Waals surface area (Å²) in [7, 11) is -8.02. The van der Waals surface area contributed by atoms with Gasteiger partial charge in [0.1, 0.15) is 10.3 Å². The molecule has 14 heteroatoms. The largest absolute Gasteiger partial charge is 0.338 e. The number of sulfonamides is 1. The standard InChI is InChI=1S/C24H28N4O7S3/c1-17(18-7-3-2-4-8-18)26-24(30)25-15-5-9-21(23(29)27-31)28-38(34,35)20-13-11-19(12-14-20)37(32,33)22-10-6-16-36-22/h2-4,6-8,10-14,16-17,21,28,31H,5,9,15H2,1H3,(H,27,29)(H2,25,26,30)/t17-,21-/m1/s1. The van der Waals surface area contributed by atoms with Crippen LogP contribution in [0.2, 0.25) is 0 Å². The Labute approximate surface area is 225 Å². The molecule has 3 aromatic rings. The Bertz CT molecular complexity index is 1430. The number of urea groups is 1. The van der Waals surface area contributed by atoms with Crippen LogP contribution in [0.25, 0.3) is 0 Å². The van der Waals surface area contributed by atoms with Gasteiger partial charge in [-0.25, -0.2) is 27.1 Å². The van der Waals surface area contributed by atoms with Crippen LogP contribution >= 0.6 is 11.3 Å². The maximum absolute atomic E-state index is 12.8. The number of hydrogen-bond acceptors (Lipinski definition) is 8. The van der Waals surface area contributed by atoms with Crippen molar-refractivity contribution in [1.82, 2.24) is 20.8 Å². The maximum atomic E-state index is 12.8. The highest BCUT2D eigenvalue weighted by Crippen LogP contribution is 2.25. The van der Waals surface area contributed by atoms with E-state index >= 15 is 0 Å². The molecular formula is C24H28N4O7S3. The van der Waals surface area contributed by atoms with Gasteiger partial charge < -0.3 is 10.6 Å². The molecule has 0 spiro atoms. The molecule has 204 valence electrons. The lowest BCUT2D eigenvalue weighted by Gasteiger charge is -2.18. The first-order chi connectivity index (χ1) is 18.0. The lowest BCUT2D eigenvalue weighted by atomic mass is 10.1. The molecule has 0 aliphatic heterocycles. The van der Waals surface area contributed by atoms with E-state index in [1.54, 1.807) is 11.4 Å². The van der Waals surface area contributed by atoms with Crippen LogP contribution in [0.5, 0.6) is 0 Å². The van der Waals surface area contributed by atoms with Gasteiger partial charge in [0.15, 0.2) is 0 Å². The first-order valence-electron chi connectivity index (χ1n) is 11.5. The summed E-state index contributed by atoms with van der Waals surface area (Å²) in [6, 6.07) is 15.0. The summed E-state index contributed by atoms with van der Waals surface area (Å²) >= 11 is 1.04. The molecule has 1 heterocycles. The second-order valence-electron chi connectivity index (χ2n) is 8.23. The van der Waals surface area contributed by atoms with Gasteiger partial charge in [-0.1, -0.05) is 36.4 Å². The minimum atomic E-state index is -4.24. The molecule has 0 aliphatic carbocycles. The number of hydrogen-bond donors (Lipinski definition) is 5. The highest BCUT2D eigenvalue weighted by Gasteiger charge is 2.26. The topological polar surface area (TPSA) is 171 Å². The van der Waals surface area contributed by atoms with Crippen molar-refractivity contribution in [2.45, 2.75) is 45.8 Å². The zero-order valence-electron chi connectivity index (χ0n) is 20.3. The Hall–Kier alpha value is -3.30. The quantitative estimate of drug-likeness (QED) is 0.124. The van der Waals surface area contributed by atoms with Crippen molar-refractivity contribution in [1.29, 1.82) is 0 Å². The van der Waals surface area contributed by atoms with Gasteiger partial charge in [0.2, 0.25) is 19.9 Å². The fourth-order valence-corrected chi connectivity index (χ4v) is 7.11. The molecule has 0 fully saturated rings. The first kappa shape index (κ1) is 29.3. The number of hydroxylamine groups is 1.